The molecule has 1 unspecified atom stereocenters. The Kier molecular flexibility index (Phi) is 2.31. The van der Waals surface area contributed by atoms with Crippen molar-refractivity contribution in [3.63, 3.8) is 0 Å². The Morgan fingerprint density at radius 2 is 2.19 bits per heavy atom. The third-order valence-electron chi connectivity index (χ3n) is 2.14. The van der Waals surface area contributed by atoms with E-state index in [-0.39, 0.29) is 18.3 Å². The number of phenolic OH excluding ortho intramolecular Hbond substituents is 1. The summed E-state index contributed by atoms with van der Waals surface area (Å²) in [6.07, 6.45) is -2.02. The molecule has 1 aromatic carbocycles. The quantitative estimate of drug-likeness (QED) is 0.679. The lowest BCUT2D eigenvalue weighted by molar-refractivity contribution is -0.147. The molecule has 3 N–H and O–H groups in total. The van der Waals surface area contributed by atoms with Gasteiger partial charge in [-0.05, 0) is 6.07 Å². The molecular weight excluding hydrogens is 223 g/mol. The van der Waals surface area contributed by atoms with Gasteiger partial charge < -0.3 is 24.8 Å². The third-order valence-corrected chi connectivity index (χ3v) is 2.14. The lowest BCUT2D eigenvalue weighted by Crippen LogP contribution is -2.11. The fraction of sp³-hybridized carbons (Fsp3) is 0.222. The number of halogens is 1. The lowest BCUT2D eigenvalue weighted by Gasteiger charge is -2.10. The van der Waals surface area contributed by atoms with E-state index >= 15 is 0 Å². The number of rotatable bonds is 2. The zero-order valence-corrected chi connectivity index (χ0v) is 7.81. The van der Waals surface area contributed by atoms with Gasteiger partial charge in [-0.15, -0.1) is 0 Å². The fourth-order valence-corrected chi connectivity index (χ4v) is 1.35. The van der Waals surface area contributed by atoms with Crippen LogP contribution < -0.4 is 9.47 Å². The maximum Gasteiger partial charge on any atom is 0.337 e. The van der Waals surface area contributed by atoms with Gasteiger partial charge in [-0.2, -0.15) is 4.39 Å². The van der Waals surface area contributed by atoms with E-state index in [2.05, 4.69) is 0 Å². The monoisotopic (exact) mass is 230 g/mol. The number of phenols is 1. The molecule has 16 heavy (non-hydrogen) atoms. The van der Waals surface area contributed by atoms with Crippen LogP contribution >= 0.6 is 0 Å². The molecule has 0 aromatic heterocycles. The molecule has 0 radical (unpaired) electrons. The van der Waals surface area contributed by atoms with Gasteiger partial charge in [0.25, 0.3) is 0 Å². The zero-order valence-electron chi connectivity index (χ0n) is 7.81. The first-order chi connectivity index (χ1) is 7.52. The van der Waals surface area contributed by atoms with Crippen molar-refractivity contribution in [2.75, 3.05) is 6.79 Å². The predicted octanol–water partition coefficient (Wildman–Crippen LogP) is 0.378. The van der Waals surface area contributed by atoms with Gasteiger partial charge in [0.2, 0.25) is 18.4 Å². The number of hydrogen-bond donors (Lipinski definition) is 3. The Bertz CT molecular complexity index is 458. The van der Waals surface area contributed by atoms with Crippen LogP contribution in [0, 0.1) is 5.82 Å². The molecule has 0 aliphatic carbocycles. The van der Waals surface area contributed by atoms with Crippen molar-refractivity contribution in [1.29, 1.82) is 0 Å². The molecule has 0 amide bonds. The third kappa shape index (κ3) is 1.41. The summed E-state index contributed by atoms with van der Waals surface area (Å²) in [6, 6.07) is 1.03. The number of ether oxygens (including phenoxy) is 2. The van der Waals surface area contributed by atoms with Crippen LogP contribution in [-0.2, 0) is 4.79 Å². The predicted molar refractivity (Wildman–Crippen MR) is 46.8 cm³/mol. The van der Waals surface area contributed by atoms with Gasteiger partial charge in [-0.25, -0.2) is 4.79 Å². The van der Waals surface area contributed by atoms with E-state index in [4.69, 9.17) is 14.6 Å². The Morgan fingerprint density at radius 1 is 1.50 bits per heavy atom. The normalized spacial score (nSPS) is 14.9. The number of aromatic hydroxyl groups is 1. The largest absolute Gasteiger partial charge is 0.504 e. The molecule has 1 aliphatic heterocycles. The van der Waals surface area contributed by atoms with Crippen LogP contribution in [0.25, 0.3) is 0 Å². The van der Waals surface area contributed by atoms with E-state index in [1.165, 1.54) is 0 Å². The molecule has 6 nitrogen and oxygen atoms in total. The summed E-state index contributed by atoms with van der Waals surface area (Å²) < 4.78 is 23.0. The van der Waals surface area contributed by atoms with Crippen molar-refractivity contribution < 1.29 is 34.0 Å². The topological polar surface area (TPSA) is 96.2 Å². The minimum absolute atomic E-state index is 0.0504. The maximum absolute atomic E-state index is 13.4. The molecular formula is C9H7FO6. The highest BCUT2D eigenvalue weighted by atomic mass is 19.1. The summed E-state index contributed by atoms with van der Waals surface area (Å²) >= 11 is 0. The summed E-state index contributed by atoms with van der Waals surface area (Å²) in [7, 11) is 0. The highest BCUT2D eigenvalue weighted by molar-refractivity contribution is 5.76. The lowest BCUT2D eigenvalue weighted by atomic mass is 10.1. The van der Waals surface area contributed by atoms with E-state index in [1.54, 1.807) is 0 Å². The zero-order chi connectivity index (χ0) is 11.9. The van der Waals surface area contributed by atoms with Crippen LogP contribution in [0.5, 0.6) is 17.2 Å². The molecule has 1 atom stereocenters. The van der Waals surface area contributed by atoms with Gasteiger partial charge in [-0.1, -0.05) is 0 Å². The van der Waals surface area contributed by atoms with Gasteiger partial charge in [0.1, 0.15) is 0 Å². The first-order valence-corrected chi connectivity index (χ1v) is 4.24. The number of carboxylic acid groups (broad SMARTS) is 1. The first kappa shape index (κ1) is 10.5. The van der Waals surface area contributed by atoms with Gasteiger partial charge in [0.15, 0.2) is 17.6 Å². The summed E-state index contributed by atoms with van der Waals surface area (Å²) in [4.78, 5) is 10.5. The van der Waals surface area contributed by atoms with Crippen LogP contribution in [0.4, 0.5) is 4.39 Å². The van der Waals surface area contributed by atoms with Crippen molar-refractivity contribution >= 4 is 5.97 Å². The molecule has 7 heteroatoms. The van der Waals surface area contributed by atoms with E-state index in [0.29, 0.717) is 0 Å². The second kappa shape index (κ2) is 3.53. The molecule has 0 fully saturated rings. The summed E-state index contributed by atoms with van der Waals surface area (Å²) in [5.74, 6) is -4.05. The van der Waals surface area contributed by atoms with E-state index in [9.17, 15) is 19.4 Å². The van der Waals surface area contributed by atoms with Crippen LogP contribution in [0.15, 0.2) is 6.07 Å². The minimum Gasteiger partial charge on any atom is -0.504 e. The standard InChI is InChI=1S/C9H7FO6/c10-5-6(11)3(7(12)9(13)14)1-4-8(5)16-2-15-4/h1,7,11-12H,2H2,(H,13,14). The summed E-state index contributed by atoms with van der Waals surface area (Å²) in [6.45, 7) is -0.224. The average molecular weight is 230 g/mol. The molecule has 1 heterocycles. The molecule has 0 saturated carbocycles. The minimum atomic E-state index is -2.02. The number of hydrogen-bond acceptors (Lipinski definition) is 5. The summed E-state index contributed by atoms with van der Waals surface area (Å²) in [5.41, 5.74) is -0.478. The summed E-state index contributed by atoms with van der Waals surface area (Å²) in [5, 5.41) is 27.1. The molecule has 1 aliphatic rings. The Hall–Kier alpha value is -2.02. The van der Waals surface area contributed by atoms with Gasteiger partial charge in [0, 0.05) is 5.56 Å². The Balaban J connectivity index is 2.56. The number of aliphatic hydroxyl groups excluding tert-OH is 1. The van der Waals surface area contributed by atoms with E-state index < -0.39 is 29.2 Å². The molecule has 1 aromatic rings. The van der Waals surface area contributed by atoms with Crippen LogP contribution in [0.3, 0.4) is 0 Å². The number of fused-ring (bicyclic) bond motifs is 1. The van der Waals surface area contributed by atoms with Crippen molar-refractivity contribution in [2.24, 2.45) is 0 Å². The highest BCUT2D eigenvalue weighted by Gasteiger charge is 2.29. The highest BCUT2D eigenvalue weighted by Crippen LogP contribution is 2.43. The van der Waals surface area contributed by atoms with Gasteiger partial charge in [0.05, 0.1) is 0 Å². The number of aliphatic hydroxyl groups is 1. The molecule has 0 saturated heterocycles. The molecule has 0 bridgehead atoms. The fourth-order valence-electron chi connectivity index (χ4n) is 1.35. The molecule has 86 valence electrons. The van der Waals surface area contributed by atoms with Crippen molar-refractivity contribution in [3.8, 4) is 17.2 Å². The van der Waals surface area contributed by atoms with Crippen LogP contribution in [0.2, 0.25) is 0 Å². The Labute approximate surface area is 88.5 Å². The maximum atomic E-state index is 13.4. The molecule has 0 spiro atoms. The van der Waals surface area contributed by atoms with Crippen LogP contribution in [-0.4, -0.2) is 28.1 Å². The number of carboxylic acids is 1. The molecule has 2 rings (SSSR count). The SMILES string of the molecule is O=C(O)C(O)c1cc2c(c(F)c1O)OCO2. The van der Waals surface area contributed by atoms with E-state index in [0.717, 1.165) is 6.07 Å². The second-order valence-electron chi connectivity index (χ2n) is 3.10. The smallest absolute Gasteiger partial charge is 0.337 e. The Morgan fingerprint density at radius 3 is 2.81 bits per heavy atom. The van der Waals surface area contributed by atoms with Crippen molar-refractivity contribution in [1.82, 2.24) is 0 Å². The number of aliphatic carboxylic acids is 1. The average Bonchev–Trinajstić information content (AvgIpc) is 2.70. The van der Waals surface area contributed by atoms with Crippen molar-refractivity contribution in [3.05, 3.63) is 17.4 Å². The first-order valence-electron chi connectivity index (χ1n) is 4.24. The van der Waals surface area contributed by atoms with Crippen molar-refractivity contribution in [2.45, 2.75) is 6.10 Å². The van der Waals surface area contributed by atoms with Crippen LogP contribution in [0.1, 0.15) is 11.7 Å². The number of benzene rings is 1. The number of carbonyl (C=O) groups is 1. The van der Waals surface area contributed by atoms with Gasteiger partial charge >= 0.3 is 5.97 Å². The van der Waals surface area contributed by atoms with E-state index in [1.807, 2.05) is 0 Å². The van der Waals surface area contributed by atoms with Gasteiger partial charge in [-0.3, -0.25) is 0 Å². The second-order valence-corrected chi connectivity index (χ2v) is 3.10.